The molecule has 3 aliphatic heterocycles. The number of rotatable bonds is 14. The van der Waals surface area contributed by atoms with Gasteiger partial charge in [0, 0.05) is 63.8 Å². The number of carbonyl (C=O) groups is 2. The summed E-state index contributed by atoms with van der Waals surface area (Å²) in [5, 5.41) is 72.4. The predicted octanol–water partition coefficient (Wildman–Crippen LogP) is 1.62. The van der Waals surface area contributed by atoms with Crippen molar-refractivity contribution in [3.05, 3.63) is 17.8 Å². The van der Waals surface area contributed by atoms with E-state index in [1.165, 1.54) is 26.2 Å². The summed E-state index contributed by atoms with van der Waals surface area (Å²) in [6.45, 7) is 17.3. The van der Waals surface area contributed by atoms with Crippen LogP contribution in [0.15, 0.2) is 17.2 Å². The largest absolute Gasteiger partial charge is 0.459 e. The number of nitrogens with zero attached hydrogens (tertiary/aromatic N) is 4. The van der Waals surface area contributed by atoms with Gasteiger partial charge in [-0.15, -0.1) is 5.10 Å². The minimum atomic E-state index is -3.57. The highest BCUT2D eigenvalue weighted by Gasteiger charge is 2.55. The summed E-state index contributed by atoms with van der Waals surface area (Å²) >= 11 is 0. The second-order valence-electron chi connectivity index (χ2n) is 21.4. The van der Waals surface area contributed by atoms with Gasteiger partial charge in [-0.2, -0.15) is 5.10 Å². The number of hydrogen-bond donors (Lipinski definition) is 7. The number of amides is 2. The zero-order valence-electron chi connectivity index (χ0n) is 43.7. The molecule has 22 heteroatoms. The maximum atomic E-state index is 14.6. The Balaban J connectivity index is 1.63. The van der Waals surface area contributed by atoms with Crippen molar-refractivity contribution in [1.29, 1.82) is 0 Å². The molecular weight excluding hydrogens is 936 g/mol. The van der Waals surface area contributed by atoms with Gasteiger partial charge in [-0.25, -0.2) is 17.6 Å². The van der Waals surface area contributed by atoms with Crippen LogP contribution in [0.25, 0.3) is 0 Å². The third-order valence-corrected chi connectivity index (χ3v) is 16.2. The molecule has 4 rings (SSSR count). The van der Waals surface area contributed by atoms with Crippen LogP contribution in [0.4, 0.5) is 9.18 Å². The zero-order chi connectivity index (χ0) is 52.8. The molecule has 0 bridgehead atoms. The molecule has 3 fully saturated rings. The highest BCUT2D eigenvalue weighted by atomic mass is 32.2. The molecule has 2 amide bonds. The molecule has 70 heavy (non-hydrogen) atoms. The fourth-order valence-electron chi connectivity index (χ4n) is 11.0. The van der Waals surface area contributed by atoms with Gasteiger partial charge in [0.2, 0.25) is 0 Å². The van der Waals surface area contributed by atoms with E-state index in [0.717, 1.165) is 6.26 Å². The van der Waals surface area contributed by atoms with Gasteiger partial charge in [0.25, 0.3) is 0 Å². The molecule has 0 radical (unpaired) electrons. The number of hydrogen-bond acceptors (Lipinski definition) is 18. The highest BCUT2D eigenvalue weighted by molar-refractivity contribution is 7.90. The fraction of sp³-hybridized carbons (Fsp3) is 0.875. The summed E-state index contributed by atoms with van der Waals surface area (Å²) in [7, 11) is 1.52. The first-order valence-corrected chi connectivity index (χ1v) is 26.6. The number of aliphatic hydroxyl groups is 5. The minimum absolute atomic E-state index is 0.0328. The summed E-state index contributed by atoms with van der Waals surface area (Å²) in [6.07, 6.45) is -7.27. The Morgan fingerprint density at radius 1 is 1.04 bits per heavy atom. The molecule has 4 heterocycles. The Labute approximate surface area is 414 Å². The van der Waals surface area contributed by atoms with E-state index in [0.29, 0.717) is 18.7 Å². The third-order valence-electron chi connectivity index (χ3n) is 15.3. The van der Waals surface area contributed by atoms with Crippen molar-refractivity contribution in [3.63, 3.8) is 0 Å². The van der Waals surface area contributed by atoms with Crippen molar-refractivity contribution in [1.82, 2.24) is 30.6 Å². The van der Waals surface area contributed by atoms with E-state index in [-0.39, 0.29) is 49.7 Å². The second-order valence-corrected chi connectivity index (χ2v) is 23.3. The maximum Gasteiger partial charge on any atom is 0.315 e. The predicted molar refractivity (Wildman–Crippen MR) is 257 cm³/mol. The van der Waals surface area contributed by atoms with Gasteiger partial charge >= 0.3 is 12.0 Å². The first-order chi connectivity index (χ1) is 32.4. The van der Waals surface area contributed by atoms with Crippen molar-refractivity contribution in [2.24, 2.45) is 23.7 Å². The smallest absolute Gasteiger partial charge is 0.315 e. The number of esters is 1. The molecular formula is C48H85FN6O14S. The molecule has 404 valence electrons. The number of alkyl halides is 1. The molecule has 0 aliphatic carbocycles. The van der Waals surface area contributed by atoms with Crippen molar-refractivity contribution in [3.8, 4) is 0 Å². The van der Waals surface area contributed by atoms with Crippen LogP contribution in [0, 0.1) is 23.7 Å². The quantitative estimate of drug-likeness (QED) is 0.131. The monoisotopic (exact) mass is 1020 g/mol. The first-order valence-electron chi connectivity index (χ1n) is 24.7. The number of aromatic nitrogens is 2. The molecule has 0 saturated carbocycles. The van der Waals surface area contributed by atoms with Crippen molar-refractivity contribution in [2.75, 3.05) is 53.8 Å². The van der Waals surface area contributed by atoms with Gasteiger partial charge in [-0.1, -0.05) is 27.7 Å². The molecule has 19 atom stereocenters. The number of urea groups is 1. The van der Waals surface area contributed by atoms with Crippen LogP contribution in [0.2, 0.25) is 0 Å². The molecule has 1 aromatic heterocycles. The summed E-state index contributed by atoms with van der Waals surface area (Å²) in [6, 6.07) is -0.0982. The second kappa shape index (κ2) is 24.5. The number of sulfone groups is 1. The Kier molecular flexibility index (Phi) is 21.0. The van der Waals surface area contributed by atoms with Crippen LogP contribution in [-0.2, 0) is 44.7 Å². The number of cyclic esters (lactones) is 1. The molecule has 0 aromatic carbocycles. The van der Waals surface area contributed by atoms with E-state index < -0.39 is 136 Å². The van der Waals surface area contributed by atoms with Crippen LogP contribution < -0.4 is 10.6 Å². The SMILES string of the molecule is CC[C@H]1OC(=O)[C@H](C)[C@@H](C2C[C@@](C)(OC)[C@@H](O)[C@H](C)O2)[C@H](C)[C@@H](O[C@@H]2O[C@H](C)C[C@H](N(C)CCNC(=O)N[C@H](CF)Cc3ccc(S(C)(=O)=O)nn3)[C@H]2O)[C@](C)(O)C[C@@H](C)CN(C)[C@H](C)[C@@H](O)[C@]1(C)O. The summed E-state index contributed by atoms with van der Waals surface area (Å²) in [5.41, 5.74) is -4.31. The average molecular weight is 1020 g/mol. The number of nitrogens with one attached hydrogen (secondary N) is 2. The Hall–Kier alpha value is -2.74. The minimum Gasteiger partial charge on any atom is -0.459 e. The molecule has 0 spiro atoms. The third kappa shape index (κ3) is 14.5. The van der Waals surface area contributed by atoms with Crippen molar-refractivity contribution < 1.29 is 71.6 Å². The molecule has 3 aliphatic rings. The summed E-state index contributed by atoms with van der Waals surface area (Å²) < 4.78 is 69.4. The van der Waals surface area contributed by atoms with Crippen LogP contribution in [-0.4, -0.2) is 210 Å². The molecule has 1 unspecified atom stereocenters. The lowest BCUT2D eigenvalue weighted by Crippen LogP contribution is -2.62. The van der Waals surface area contributed by atoms with E-state index in [1.807, 2.05) is 37.6 Å². The fourth-order valence-corrected chi connectivity index (χ4v) is 11.5. The highest BCUT2D eigenvalue weighted by Crippen LogP contribution is 2.45. The topological polar surface area (TPSA) is 272 Å². The summed E-state index contributed by atoms with van der Waals surface area (Å²) in [5.74, 6) is -3.41. The van der Waals surface area contributed by atoms with Gasteiger partial charge in [-0.05, 0) is 98.9 Å². The lowest BCUT2D eigenvalue weighted by Gasteiger charge is -2.51. The van der Waals surface area contributed by atoms with Crippen molar-refractivity contribution >= 4 is 21.8 Å². The zero-order valence-corrected chi connectivity index (χ0v) is 44.6. The lowest BCUT2D eigenvalue weighted by atomic mass is 9.68. The number of methoxy groups -OCH3 is 1. The van der Waals surface area contributed by atoms with Gasteiger partial charge in [0.05, 0.1) is 53.3 Å². The maximum absolute atomic E-state index is 14.6. The van der Waals surface area contributed by atoms with E-state index >= 15 is 0 Å². The van der Waals surface area contributed by atoms with Crippen LogP contribution in [0.5, 0.6) is 0 Å². The Morgan fingerprint density at radius 2 is 1.70 bits per heavy atom. The molecule has 20 nitrogen and oxygen atoms in total. The molecule has 3 saturated heterocycles. The van der Waals surface area contributed by atoms with Gasteiger partial charge < -0.3 is 64.8 Å². The number of aliphatic hydroxyl groups excluding tert-OH is 3. The standard InChI is InChI=1S/C48H85FN6O14S/c1-15-36-48(10,62)40(57)30(6)55(12)25-26(2)22-46(8,61)42(28(4)38(29(5)43(59)68-36)35-23-47(9,65-13)41(58)31(7)67-35)69-44-39(56)34(20-27(3)66-44)54(11)19-18-50-45(60)51-33(24-49)21-32-16-17-37(53-52-32)70(14,63)64/h16-17,26-31,33-36,38-42,44,56-58,61-62H,15,18-25H2,1-14H3,(H2,50,51,60)/t26-,27-,28+,29-,30-,31+,33+,34+,35?,36-,38+,39-,40-,41+,42-,44+,46-,47-,48-/m1/s1. The number of halogens is 1. The van der Waals surface area contributed by atoms with Crippen LogP contribution in [0.3, 0.4) is 0 Å². The van der Waals surface area contributed by atoms with Crippen LogP contribution >= 0.6 is 0 Å². The molecule has 1 aromatic rings. The van der Waals surface area contributed by atoms with Crippen LogP contribution in [0.1, 0.15) is 101 Å². The van der Waals surface area contributed by atoms with E-state index in [1.54, 1.807) is 48.6 Å². The molecule has 7 N–H and O–H groups in total. The van der Waals surface area contributed by atoms with Gasteiger partial charge in [0.1, 0.15) is 36.7 Å². The number of likely N-dealkylation sites (N-methyl/N-ethyl adjacent to an activating group) is 2. The van der Waals surface area contributed by atoms with Gasteiger partial charge in [0.15, 0.2) is 21.2 Å². The average Bonchev–Trinajstić information content (AvgIpc) is 3.28. The number of carbonyl (C=O) groups excluding carboxylic acids is 2. The number of ether oxygens (including phenoxy) is 5. The first kappa shape index (κ1) is 59.8. The normalized spacial score (nSPS) is 40.4. The van der Waals surface area contributed by atoms with Gasteiger partial charge in [-0.3, -0.25) is 9.69 Å². The van der Waals surface area contributed by atoms with E-state index in [4.69, 9.17) is 23.7 Å². The van der Waals surface area contributed by atoms with Crippen molar-refractivity contribution in [2.45, 2.75) is 196 Å². The summed E-state index contributed by atoms with van der Waals surface area (Å²) in [4.78, 5) is 31.2. The Bertz CT molecular complexity index is 1960. The lowest BCUT2D eigenvalue weighted by molar-refractivity contribution is -0.302. The van der Waals surface area contributed by atoms with E-state index in [2.05, 4.69) is 20.8 Å². The Morgan fingerprint density at radius 3 is 2.27 bits per heavy atom. The van der Waals surface area contributed by atoms with E-state index in [9.17, 15) is 47.9 Å².